The largest absolute Gasteiger partial charge is 0.321 e. The Morgan fingerprint density at radius 3 is 2.50 bits per heavy atom. The Bertz CT molecular complexity index is 1150. The minimum absolute atomic E-state index is 0.194. The third-order valence-corrected chi connectivity index (χ3v) is 8.03. The molecule has 0 spiro atoms. The fraction of sp³-hybridized carbons (Fsp3) is 0.286. The second-order valence-corrected chi connectivity index (χ2v) is 9.58. The van der Waals surface area contributed by atoms with E-state index < -0.39 is 10.0 Å². The number of sulfonamides is 1. The number of aryl methyl sites for hydroxylation is 2. The summed E-state index contributed by atoms with van der Waals surface area (Å²) in [6, 6.07) is 10.4. The molecule has 158 valence electrons. The van der Waals surface area contributed by atoms with Gasteiger partial charge in [0, 0.05) is 25.0 Å². The molecular formula is C21H24N4O3S2. The average molecular weight is 445 g/mol. The van der Waals surface area contributed by atoms with Gasteiger partial charge in [-0.25, -0.2) is 13.4 Å². The first kappa shape index (κ1) is 22.1. The lowest BCUT2D eigenvalue weighted by Crippen LogP contribution is -2.31. The second kappa shape index (κ2) is 9.03. The quantitative estimate of drug-likeness (QED) is 0.592. The maximum atomic E-state index is 12.9. The maximum Gasteiger partial charge on any atom is 0.267 e. The van der Waals surface area contributed by atoms with Crippen molar-refractivity contribution < 1.29 is 13.2 Å². The van der Waals surface area contributed by atoms with E-state index in [0.717, 1.165) is 0 Å². The zero-order chi connectivity index (χ0) is 21.9. The highest BCUT2D eigenvalue weighted by Crippen LogP contribution is 2.28. The molecule has 3 rings (SSSR count). The predicted molar refractivity (Wildman–Crippen MR) is 119 cm³/mol. The lowest BCUT2D eigenvalue weighted by Gasteiger charge is -2.20. The number of benzene rings is 1. The molecular weight excluding hydrogens is 420 g/mol. The van der Waals surface area contributed by atoms with Gasteiger partial charge in [-0.05, 0) is 43.7 Å². The summed E-state index contributed by atoms with van der Waals surface area (Å²) in [6.45, 7) is 7.87. The van der Waals surface area contributed by atoms with E-state index in [-0.39, 0.29) is 10.8 Å². The second-order valence-electron chi connectivity index (χ2n) is 6.67. The van der Waals surface area contributed by atoms with Crippen molar-refractivity contribution >= 4 is 33.0 Å². The number of hydrogen-bond donors (Lipinski definition) is 1. The Morgan fingerprint density at radius 2 is 1.87 bits per heavy atom. The molecule has 0 unspecified atom stereocenters. The van der Waals surface area contributed by atoms with Gasteiger partial charge in [-0.1, -0.05) is 26.0 Å². The monoisotopic (exact) mass is 444 g/mol. The number of amides is 1. The summed E-state index contributed by atoms with van der Waals surface area (Å²) in [4.78, 5) is 22.2. The number of hydrogen-bond acceptors (Lipinski definition) is 6. The summed E-state index contributed by atoms with van der Waals surface area (Å²) in [6.07, 6.45) is 1.68. The van der Waals surface area contributed by atoms with Crippen LogP contribution in [0, 0.1) is 13.8 Å². The maximum absolute atomic E-state index is 12.9. The molecule has 0 radical (unpaired) electrons. The number of nitrogens with zero attached hydrogens (tertiary/aromatic N) is 3. The summed E-state index contributed by atoms with van der Waals surface area (Å²) < 4.78 is 27.3. The number of nitrogens with one attached hydrogen (secondary N) is 1. The fourth-order valence-electron chi connectivity index (χ4n) is 3.05. The van der Waals surface area contributed by atoms with Gasteiger partial charge in [0.1, 0.15) is 9.88 Å². The molecule has 30 heavy (non-hydrogen) atoms. The topological polar surface area (TPSA) is 92.3 Å². The van der Waals surface area contributed by atoms with Crippen molar-refractivity contribution in [2.45, 2.75) is 32.6 Å². The van der Waals surface area contributed by atoms with Gasteiger partial charge >= 0.3 is 0 Å². The molecule has 0 fully saturated rings. The third-order valence-electron chi connectivity index (χ3n) is 4.66. The standard InChI is InChI=1S/C21H24N4O3S2/c1-5-25(6-2)30(27,28)18-13-16(11-10-14(18)3)24-20(26)19-15(4)23-21(29-19)17-9-7-8-12-22-17/h7-13H,5-6H2,1-4H3,(H,24,26). The van der Waals surface area contributed by atoms with Crippen LogP contribution < -0.4 is 5.32 Å². The molecule has 3 aromatic rings. The van der Waals surface area contributed by atoms with Crippen molar-refractivity contribution in [3.63, 3.8) is 0 Å². The smallest absolute Gasteiger partial charge is 0.267 e. The van der Waals surface area contributed by atoms with Gasteiger partial charge in [-0.15, -0.1) is 11.3 Å². The summed E-state index contributed by atoms with van der Waals surface area (Å²) in [5.41, 5.74) is 2.35. The van der Waals surface area contributed by atoms with E-state index in [1.165, 1.54) is 21.7 Å². The van der Waals surface area contributed by atoms with Crippen LogP contribution >= 0.6 is 11.3 Å². The van der Waals surface area contributed by atoms with Crippen molar-refractivity contribution in [3.8, 4) is 10.7 Å². The minimum atomic E-state index is -3.63. The summed E-state index contributed by atoms with van der Waals surface area (Å²) in [5.74, 6) is -0.331. The van der Waals surface area contributed by atoms with E-state index in [9.17, 15) is 13.2 Å². The Morgan fingerprint density at radius 1 is 1.13 bits per heavy atom. The lowest BCUT2D eigenvalue weighted by molar-refractivity contribution is 0.102. The Kier molecular flexibility index (Phi) is 6.64. The number of carbonyl (C=O) groups excluding carboxylic acids is 1. The molecule has 1 amide bonds. The van der Waals surface area contributed by atoms with Crippen LogP contribution in [0.3, 0.4) is 0 Å². The van der Waals surface area contributed by atoms with Crippen LogP contribution in [-0.2, 0) is 10.0 Å². The van der Waals surface area contributed by atoms with Crippen LogP contribution in [-0.4, -0.2) is 41.7 Å². The predicted octanol–water partition coefficient (Wildman–Crippen LogP) is 4.10. The van der Waals surface area contributed by atoms with E-state index in [4.69, 9.17) is 0 Å². The number of aromatic nitrogens is 2. The zero-order valence-electron chi connectivity index (χ0n) is 17.3. The number of anilines is 1. The van der Waals surface area contributed by atoms with Gasteiger partial charge in [0.2, 0.25) is 10.0 Å². The molecule has 9 heteroatoms. The molecule has 2 heterocycles. The SMILES string of the molecule is CCN(CC)S(=O)(=O)c1cc(NC(=O)c2sc(-c3ccccn3)nc2C)ccc1C. The summed E-state index contributed by atoms with van der Waals surface area (Å²) in [5, 5.41) is 3.47. The van der Waals surface area contributed by atoms with E-state index in [1.807, 2.05) is 18.2 Å². The van der Waals surface area contributed by atoms with Crippen molar-refractivity contribution in [1.82, 2.24) is 14.3 Å². The van der Waals surface area contributed by atoms with Gasteiger partial charge < -0.3 is 5.32 Å². The van der Waals surface area contributed by atoms with Crippen molar-refractivity contribution in [2.75, 3.05) is 18.4 Å². The number of pyridine rings is 1. The zero-order valence-corrected chi connectivity index (χ0v) is 19.0. The highest BCUT2D eigenvalue weighted by molar-refractivity contribution is 7.89. The Hall–Kier alpha value is -2.62. The molecule has 0 aliphatic heterocycles. The van der Waals surface area contributed by atoms with E-state index in [2.05, 4.69) is 15.3 Å². The highest BCUT2D eigenvalue weighted by atomic mass is 32.2. The van der Waals surface area contributed by atoms with Gasteiger partial charge in [0.25, 0.3) is 5.91 Å². The van der Waals surface area contributed by atoms with Gasteiger partial charge in [-0.3, -0.25) is 9.78 Å². The van der Waals surface area contributed by atoms with Crippen LogP contribution in [0.15, 0.2) is 47.5 Å². The first-order valence-corrected chi connectivity index (χ1v) is 11.8. The van der Waals surface area contributed by atoms with Gasteiger partial charge in [-0.2, -0.15) is 4.31 Å². The molecule has 0 saturated carbocycles. The van der Waals surface area contributed by atoms with E-state index in [0.29, 0.717) is 45.6 Å². The molecule has 0 bridgehead atoms. The molecule has 7 nitrogen and oxygen atoms in total. The van der Waals surface area contributed by atoms with Crippen molar-refractivity contribution in [1.29, 1.82) is 0 Å². The molecule has 0 aliphatic rings. The van der Waals surface area contributed by atoms with Crippen LogP contribution in [0.2, 0.25) is 0 Å². The molecule has 1 aromatic carbocycles. The molecule has 0 aliphatic carbocycles. The highest BCUT2D eigenvalue weighted by Gasteiger charge is 2.24. The number of rotatable bonds is 7. The normalized spacial score (nSPS) is 11.6. The van der Waals surface area contributed by atoms with Crippen LogP contribution in [0.1, 0.15) is 34.8 Å². The lowest BCUT2D eigenvalue weighted by atomic mass is 10.2. The van der Waals surface area contributed by atoms with Gasteiger partial charge in [0.05, 0.1) is 16.3 Å². The van der Waals surface area contributed by atoms with E-state index >= 15 is 0 Å². The molecule has 1 N–H and O–H groups in total. The van der Waals surface area contributed by atoms with Crippen LogP contribution in [0.5, 0.6) is 0 Å². The number of carbonyl (C=O) groups is 1. The fourth-order valence-corrected chi connectivity index (χ4v) is 5.70. The Labute approximate surface area is 180 Å². The van der Waals surface area contributed by atoms with Gasteiger partial charge in [0.15, 0.2) is 0 Å². The molecule has 2 aromatic heterocycles. The summed E-state index contributed by atoms with van der Waals surface area (Å²) >= 11 is 1.25. The van der Waals surface area contributed by atoms with Crippen LogP contribution in [0.4, 0.5) is 5.69 Å². The third kappa shape index (κ3) is 4.43. The van der Waals surface area contributed by atoms with Crippen LogP contribution in [0.25, 0.3) is 10.7 Å². The first-order chi connectivity index (χ1) is 14.3. The Balaban J connectivity index is 1.89. The molecule has 0 saturated heterocycles. The van der Waals surface area contributed by atoms with Crippen molar-refractivity contribution in [3.05, 3.63) is 58.7 Å². The first-order valence-electron chi connectivity index (χ1n) is 9.58. The number of thiazole rings is 1. The van der Waals surface area contributed by atoms with Crippen molar-refractivity contribution in [2.24, 2.45) is 0 Å². The molecule has 0 atom stereocenters. The minimum Gasteiger partial charge on any atom is -0.321 e. The summed E-state index contributed by atoms with van der Waals surface area (Å²) in [7, 11) is -3.63. The van der Waals surface area contributed by atoms with E-state index in [1.54, 1.807) is 46.0 Å². The average Bonchev–Trinajstić information content (AvgIpc) is 3.12.